The third-order valence-corrected chi connectivity index (χ3v) is 5.14. The predicted octanol–water partition coefficient (Wildman–Crippen LogP) is 4.62. The Bertz CT molecular complexity index is 1130. The second-order valence-corrected chi connectivity index (χ2v) is 7.46. The van der Waals surface area contributed by atoms with Gasteiger partial charge in [-0.1, -0.05) is 11.6 Å². The van der Waals surface area contributed by atoms with Crippen LogP contribution < -0.4 is 10.0 Å². The lowest BCUT2D eigenvalue weighted by Gasteiger charge is -2.12. The van der Waals surface area contributed by atoms with Crippen molar-refractivity contribution in [1.29, 1.82) is 0 Å². The summed E-state index contributed by atoms with van der Waals surface area (Å²) in [6.07, 6.45) is -3.26. The maximum atomic E-state index is 12.7. The monoisotopic (exact) mass is 418 g/mol. The highest BCUT2D eigenvalue weighted by Crippen LogP contribution is 2.35. The number of furan rings is 1. The van der Waals surface area contributed by atoms with E-state index in [0.717, 1.165) is 12.1 Å². The first-order valence-electron chi connectivity index (χ1n) is 7.24. The van der Waals surface area contributed by atoms with Crippen molar-refractivity contribution in [1.82, 2.24) is 4.72 Å². The van der Waals surface area contributed by atoms with Crippen LogP contribution in [0.2, 0.25) is 5.02 Å². The number of halogens is 4. The number of benzene rings is 2. The second kappa shape index (κ2) is 6.78. The second-order valence-electron chi connectivity index (χ2n) is 5.37. The molecule has 0 aliphatic carbocycles. The Labute approximate surface area is 156 Å². The third-order valence-electron chi connectivity index (χ3n) is 3.50. The molecule has 0 saturated heterocycles. The number of fused-ring (bicyclic) bond motifs is 1. The summed E-state index contributed by atoms with van der Waals surface area (Å²) in [5.41, 5.74) is -0.871. The van der Waals surface area contributed by atoms with Crippen LogP contribution in [-0.2, 0) is 16.2 Å². The van der Waals surface area contributed by atoms with E-state index in [1.165, 1.54) is 24.5 Å². The van der Waals surface area contributed by atoms with E-state index < -0.39 is 32.8 Å². The van der Waals surface area contributed by atoms with Crippen molar-refractivity contribution in [3.8, 4) is 0 Å². The van der Waals surface area contributed by atoms with Crippen molar-refractivity contribution in [2.45, 2.75) is 11.1 Å². The van der Waals surface area contributed by atoms with Crippen LogP contribution in [0, 0.1) is 0 Å². The quantitative estimate of drug-likeness (QED) is 0.649. The number of amides is 2. The summed E-state index contributed by atoms with van der Waals surface area (Å²) in [7, 11) is -4.23. The molecule has 3 aromatic rings. The van der Waals surface area contributed by atoms with Gasteiger partial charge < -0.3 is 9.73 Å². The molecule has 0 spiro atoms. The van der Waals surface area contributed by atoms with Gasteiger partial charge in [0.05, 0.1) is 21.7 Å². The average Bonchev–Trinajstić information content (AvgIpc) is 3.00. The number of carbonyl (C=O) groups is 1. The lowest BCUT2D eigenvalue weighted by Crippen LogP contribution is -2.34. The number of rotatable bonds is 3. The normalized spacial score (nSPS) is 12.1. The van der Waals surface area contributed by atoms with Crippen molar-refractivity contribution in [2.24, 2.45) is 0 Å². The van der Waals surface area contributed by atoms with E-state index >= 15 is 0 Å². The van der Waals surface area contributed by atoms with Gasteiger partial charge in [0.1, 0.15) is 5.58 Å². The fourth-order valence-corrected chi connectivity index (χ4v) is 3.47. The van der Waals surface area contributed by atoms with Gasteiger partial charge in [0.25, 0.3) is 10.0 Å². The third kappa shape index (κ3) is 4.17. The SMILES string of the molecule is O=C(Nc1ccc(C(F)(F)F)c(Cl)c1)NS(=O)(=O)c1ccc2ccoc2c1. The van der Waals surface area contributed by atoms with Gasteiger partial charge in [-0.25, -0.2) is 17.9 Å². The molecule has 0 unspecified atom stereocenters. The van der Waals surface area contributed by atoms with Crippen molar-refractivity contribution in [2.75, 3.05) is 5.32 Å². The zero-order valence-corrected chi connectivity index (χ0v) is 14.7. The average molecular weight is 419 g/mol. The number of hydrogen-bond donors (Lipinski definition) is 2. The van der Waals surface area contributed by atoms with Crippen LogP contribution in [0.5, 0.6) is 0 Å². The van der Waals surface area contributed by atoms with Gasteiger partial charge in [0, 0.05) is 17.1 Å². The summed E-state index contributed by atoms with van der Waals surface area (Å²) in [5, 5.41) is 2.16. The summed E-state index contributed by atoms with van der Waals surface area (Å²) < 4.78 is 69.4. The number of alkyl halides is 3. The van der Waals surface area contributed by atoms with Crippen LogP contribution >= 0.6 is 11.6 Å². The Kier molecular flexibility index (Phi) is 4.79. The Morgan fingerprint density at radius 1 is 1.07 bits per heavy atom. The number of urea groups is 1. The first-order valence-corrected chi connectivity index (χ1v) is 9.10. The summed E-state index contributed by atoms with van der Waals surface area (Å²) in [5.74, 6) is 0. The maximum Gasteiger partial charge on any atom is 0.417 e. The molecule has 0 aliphatic rings. The van der Waals surface area contributed by atoms with E-state index in [2.05, 4.69) is 5.32 Å². The fraction of sp³-hybridized carbons (Fsp3) is 0.0625. The van der Waals surface area contributed by atoms with E-state index in [9.17, 15) is 26.4 Å². The molecule has 2 N–H and O–H groups in total. The molecule has 6 nitrogen and oxygen atoms in total. The highest BCUT2D eigenvalue weighted by Gasteiger charge is 2.33. The number of nitrogens with one attached hydrogen (secondary N) is 2. The molecule has 0 bridgehead atoms. The standard InChI is InChI=1S/C16H10ClF3N2O4S/c17-13-7-10(2-4-12(13)16(18,19)20)21-15(23)22-27(24,25)11-3-1-9-5-6-26-14(9)8-11/h1-8H,(H2,21,22,23). The van der Waals surface area contributed by atoms with Crippen molar-refractivity contribution >= 4 is 44.3 Å². The van der Waals surface area contributed by atoms with E-state index in [1.54, 1.807) is 10.8 Å². The Hall–Kier alpha value is -2.72. The zero-order valence-electron chi connectivity index (χ0n) is 13.2. The lowest BCUT2D eigenvalue weighted by atomic mass is 10.2. The molecule has 3 rings (SSSR count). The molecule has 2 aromatic carbocycles. The lowest BCUT2D eigenvalue weighted by molar-refractivity contribution is -0.137. The Morgan fingerprint density at radius 2 is 1.81 bits per heavy atom. The number of anilines is 1. The maximum absolute atomic E-state index is 12.7. The number of hydrogen-bond acceptors (Lipinski definition) is 4. The molecule has 0 atom stereocenters. The van der Waals surface area contributed by atoms with Gasteiger partial charge in [0.15, 0.2) is 0 Å². The van der Waals surface area contributed by atoms with Gasteiger partial charge in [0.2, 0.25) is 0 Å². The van der Waals surface area contributed by atoms with Crippen LogP contribution in [0.15, 0.2) is 58.0 Å². The molecule has 1 aromatic heterocycles. The minimum Gasteiger partial charge on any atom is -0.464 e. The van der Waals surface area contributed by atoms with Crippen molar-refractivity contribution in [3.63, 3.8) is 0 Å². The molecular weight excluding hydrogens is 409 g/mol. The van der Waals surface area contributed by atoms with Gasteiger partial charge in [-0.3, -0.25) is 0 Å². The van der Waals surface area contributed by atoms with Crippen LogP contribution in [0.3, 0.4) is 0 Å². The summed E-state index contributed by atoms with van der Waals surface area (Å²) in [6.45, 7) is 0. The number of sulfonamides is 1. The van der Waals surface area contributed by atoms with Crippen LogP contribution in [-0.4, -0.2) is 14.4 Å². The summed E-state index contributed by atoms with van der Waals surface area (Å²) in [4.78, 5) is 11.7. The fourth-order valence-electron chi connectivity index (χ4n) is 2.26. The van der Waals surface area contributed by atoms with Crippen LogP contribution in [0.4, 0.5) is 23.7 Å². The molecule has 27 heavy (non-hydrogen) atoms. The molecule has 0 saturated carbocycles. The highest BCUT2D eigenvalue weighted by molar-refractivity contribution is 7.90. The molecule has 11 heteroatoms. The van der Waals surface area contributed by atoms with Crippen molar-refractivity contribution < 1.29 is 30.8 Å². The topological polar surface area (TPSA) is 88.4 Å². The van der Waals surface area contributed by atoms with Gasteiger partial charge >= 0.3 is 12.2 Å². The van der Waals surface area contributed by atoms with Crippen LogP contribution in [0.25, 0.3) is 11.0 Å². The van der Waals surface area contributed by atoms with Crippen LogP contribution in [0.1, 0.15) is 5.56 Å². The van der Waals surface area contributed by atoms with Gasteiger partial charge in [-0.05, 0) is 36.4 Å². The smallest absolute Gasteiger partial charge is 0.417 e. The molecule has 0 aliphatic heterocycles. The first-order chi connectivity index (χ1) is 12.6. The largest absolute Gasteiger partial charge is 0.464 e. The Morgan fingerprint density at radius 3 is 2.48 bits per heavy atom. The van der Waals surface area contributed by atoms with E-state index in [1.807, 2.05) is 0 Å². The molecule has 142 valence electrons. The van der Waals surface area contributed by atoms with E-state index in [4.69, 9.17) is 16.0 Å². The van der Waals surface area contributed by atoms with Gasteiger partial charge in [-0.2, -0.15) is 13.2 Å². The Balaban J connectivity index is 1.75. The minimum atomic E-state index is -4.65. The minimum absolute atomic E-state index is 0.109. The number of carbonyl (C=O) groups excluding carboxylic acids is 1. The molecular formula is C16H10ClF3N2O4S. The van der Waals surface area contributed by atoms with Crippen molar-refractivity contribution in [3.05, 3.63) is 59.3 Å². The first kappa shape index (κ1) is 19.1. The highest BCUT2D eigenvalue weighted by atomic mass is 35.5. The summed E-state index contributed by atoms with van der Waals surface area (Å²) >= 11 is 5.55. The predicted molar refractivity (Wildman–Crippen MR) is 92.0 cm³/mol. The van der Waals surface area contributed by atoms with E-state index in [0.29, 0.717) is 17.0 Å². The molecule has 0 fully saturated rings. The molecule has 1 heterocycles. The van der Waals surface area contributed by atoms with E-state index in [-0.39, 0.29) is 10.6 Å². The van der Waals surface area contributed by atoms with Gasteiger partial charge in [-0.15, -0.1) is 0 Å². The molecule has 2 amide bonds. The zero-order chi connectivity index (χ0) is 19.8. The molecule has 0 radical (unpaired) electrons. The summed E-state index contributed by atoms with van der Waals surface area (Å²) in [6, 6.07) is 6.99.